The average Bonchev–Trinajstić information content (AvgIpc) is 2.55. The van der Waals surface area contributed by atoms with E-state index in [-0.39, 0.29) is 5.91 Å². The summed E-state index contributed by atoms with van der Waals surface area (Å²) in [5.41, 5.74) is 2.27. The highest BCUT2D eigenvalue weighted by Gasteiger charge is 2.13. The SMILES string of the molecule is CNc1ccccc1C(=O)Nc1ccc(C#N)cc1OC. The standard InChI is InChI=1S/C16H15N3O2/c1-18-13-6-4-3-5-12(13)16(20)19-14-8-7-11(10-17)9-15(14)21-2/h3-9,18H,1-2H3,(H,19,20). The highest BCUT2D eigenvalue weighted by Crippen LogP contribution is 2.26. The van der Waals surface area contributed by atoms with Crippen LogP contribution in [0.4, 0.5) is 11.4 Å². The van der Waals surface area contributed by atoms with Crippen LogP contribution in [0, 0.1) is 11.3 Å². The topological polar surface area (TPSA) is 74.2 Å². The molecule has 2 N–H and O–H groups in total. The molecule has 0 atom stereocenters. The molecule has 0 unspecified atom stereocenters. The Morgan fingerprint density at radius 3 is 2.62 bits per heavy atom. The maximum Gasteiger partial charge on any atom is 0.257 e. The van der Waals surface area contributed by atoms with Gasteiger partial charge >= 0.3 is 0 Å². The number of nitrogens with zero attached hydrogens (tertiary/aromatic N) is 1. The molecular weight excluding hydrogens is 266 g/mol. The lowest BCUT2D eigenvalue weighted by Crippen LogP contribution is -2.14. The number of para-hydroxylation sites is 1. The minimum absolute atomic E-state index is 0.247. The molecule has 0 bridgehead atoms. The first-order chi connectivity index (χ1) is 10.2. The quantitative estimate of drug-likeness (QED) is 0.903. The van der Waals surface area contributed by atoms with E-state index in [0.29, 0.717) is 22.6 Å². The second kappa shape index (κ2) is 6.44. The van der Waals surface area contributed by atoms with Crippen LogP contribution in [-0.2, 0) is 0 Å². The predicted molar refractivity (Wildman–Crippen MR) is 81.7 cm³/mol. The van der Waals surface area contributed by atoms with Crippen molar-refractivity contribution in [1.29, 1.82) is 5.26 Å². The minimum Gasteiger partial charge on any atom is -0.495 e. The van der Waals surface area contributed by atoms with Gasteiger partial charge in [-0.15, -0.1) is 0 Å². The Bertz CT molecular complexity index is 705. The number of nitriles is 1. The third-order valence-corrected chi connectivity index (χ3v) is 3.02. The van der Waals surface area contributed by atoms with Crippen LogP contribution in [0.5, 0.6) is 5.75 Å². The van der Waals surface area contributed by atoms with E-state index in [2.05, 4.69) is 10.6 Å². The van der Waals surface area contributed by atoms with Crippen molar-refractivity contribution in [3.63, 3.8) is 0 Å². The molecule has 0 aromatic heterocycles. The zero-order chi connectivity index (χ0) is 15.2. The first-order valence-corrected chi connectivity index (χ1v) is 6.36. The molecule has 2 aromatic carbocycles. The monoisotopic (exact) mass is 281 g/mol. The van der Waals surface area contributed by atoms with Gasteiger partial charge in [-0.3, -0.25) is 4.79 Å². The van der Waals surface area contributed by atoms with Crippen LogP contribution < -0.4 is 15.4 Å². The van der Waals surface area contributed by atoms with Gasteiger partial charge in [-0.25, -0.2) is 0 Å². The van der Waals surface area contributed by atoms with Crippen molar-refractivity contribution in [3.05, 3.63) is 53.6 Å². The summed E-state index contributed by atoms with van der Waals surface area (Å²) in [6.07, 6.45) is 0. The van der Waals surface area contributed by atoms with Crippen molar-refractivity contribution < 1.29 is 9.53 Å². The molecular formula is C16H15N3O2. The van der Waals surface area contributed by atoms with E-state index in [0.717, 1.165) is 5.69 Å². The number of carbonyl (C=O) groups excluding carboxylic acids is 1. The van der Waals surface area contributed by atoms with E-state index in [1.165, 1.54) is 7.11 Å². The van der Waals surface area contributed by atoms with Gasteiger partial charge in [0.25, 0.3) is 5.91 Å². The van der Waals surface area contributed by atoms with Crippen molar-refractivity contribution in [3.8, 4) is 11.8 Å². The predicted octanol–water partition coefficient (Wildman–Crippen LogP) is 2.86. The Morgan fingerprint density at radius 1 is 1.19 bits per heavy atom. The summed E-state index contributed by atoms with van der Waals surface area (Å²) in [7, 11) is 3.25. The maximum atomic E-state index is 12.3. The molecule has 2 aromatic rings. The lowest BCUT2D eigenvalue weighted by Gasteiger charge is -2.12. The Labute approximate surface area is 123 Å². The molecule has 21 heavy (non-hydrogen) atoms. The van der Waals surface area contributed by atoms with Crippen LogP contribution in [0.1, 0.15) is 15.9 Å². The van der Waals surface area contributed by atoms with Crippen molar-refractivity contribution in [1.82, 2.24) is 0 Å². The van der Waals surface area contributed by atoms with Crippen LogP contribution in [0.15, 0.2) is 42.5 Å². The fourth-order valence-electron chi connectivity index (χ4n) is 1.95. The molecule has 5 heteroatoms. The third-order valence-electron chi connectivity index (χ3n) is 3.02. The summed E-state index contributed by atoms with van der Waals surface area (Å²) in [6, 6.07) is 14.1. The van der Waals surface area contributed by atoms with E-state index in [4.69, 9.17) is 10.00 Å². The van der Waals surface area contributed by atoms with E-state index in [1.54, 1.807) is 37.4 Å². The smallest absolute Gasteiger partial charge is 0.257 e. The van der Waals surface area contributed by atoms with Crippen LogP contribution in [0.2, 0.25) is 0 Å². The molecule has 0 radical (unpaired) electrons. The first kappa shape index (κ1) is 14.4. The molecule has 0 heterocycles. The third kappa shape index (κ3) is 3.12. The van der Waals surface area contributed by atoms with Crippen molar-refractivity contribution in [2.24, 2.45) is 0 Å². The zero-order valence-corrected chi connectivity index (χ0v) is 11.8. The van der Waals surface area contributed by atoms with Gasteiger partial charge in [0, 0.05) is 18.8 Å². The Balaban J connectivity index is 2.30. The second-order valence-electron chi connectivity index (χ2n) is 4.28. The molecule has 0 spiro atoms. The lowest BCUT2D eigenvalue weighted by molar-refractivity contribution is 0.102. The maximum absolute atomic E-state index is 12.3. The summed E-state index contributed by atoms with van der Waals surface area (Å²) < 4.78 is 5.20. The number of hydrogen-bond donors (Lipinski definition) is 2. The molecule has 0 saturated heterocycles. The molecule has 0 saturated carbocycles. The Kier molecular flexibility index (Phi) is 4.42. The van der Waals surface area contributed by atoms with Gasteiger partial charge in [0.15, 0.2) is 0 Å². The first-order valence-electron chi connectivity index (χ1n) is 6.36. The van der Waals surface area contributed by atoms with Gasteiger partial charge in [0.1, 0.15) is 5.75 Å². The molecule has 0 aliphatic carbocycles. The number of hydrogen-bond acceptors (Lipinski definition) is 4. The number of carbonyl (C=O) groups is 1. The summed E-state index contributed by atoms with van der Waals surface area (Å²) in [6.45, 7) is 0. The zero-order valence-electron chi connectivity index (χ0n) is 11.8. The van der Waals surface area contributed by atoms with Crippen molar-refractivity contribution in [2.75, 3.05) is 24.8 Å². The number of ether oxygens (including phenoxy) is 1. The second-order valence-corrected chi connectivity index (χ2v) is 4.28. The van der Waals surface area contributed by atoms with Crippen molar-refractivity contribution >= 4 is 17.3 Å². The number of rotatable bonds is 4. The summed E-state index contributed by atoms with van der Waals surface area (Å²) >= 11 is 0. The highest BCUT2D eigenvalue weighted by atomic mass is 16.5. The number of methoxy groups -OCH3 is 1. The van der Waals surface area contributed by atoms with E-state index < -0.39 is 0 Å². The molecule has 1 amide bonds. The Morgan fingerprint density at radius 2 is 1.95 bits per heavy atom. The average molecular weight is 281 g/mol. The van der Waals surface area contributed by atoms with E-state index >= 15 is 0 Å². The summed E-state index contributed by atoms with van der Waals surface area (Å²) in [4.78, 5) is 12.3. The number of nitrogens with one attached hydrogen (secondary N) is 2. The lowest BCUT2D eigenvalue weighted by atomic mass is 10.1. The molecule has 106 valence electrons. The van der Waals surface area contributed by atoms with Gasteiger partial charge in [0.05, 0.1) is 30.0 Å². The normalized spacial score (nSPS) is 9.57. The number of amides is 1. The van der Waals surface area contributed by atoms with Gasteiger partial charge in [-0.1, -0.05) is 12.1 Å². The van der Waals surface area contributed by atoms with Gasteiger partial charge in [-0.2, -0.15) is 5.26 Å². The Hall–Kier alpha value is -3.00. The van der Waals surface area contributed by atoms with Crippen molar-refractivity contribution in [2.45, 2.75) is 0 Å². The number of anilines is 2. The fraction of sp³-hybridized carbons (Fsp3) is 0.125. The van der Waals surface area contributed by atoms with Crippen LogP contribution >= 0.6 is 0 Å². The van der Waals surface area contributed by atoms with Gasteiger partial charge in [-0.05, 0) is 24.3 Å². The van der Waals surface area contributed by atoms with Crippen LogP contribution in [0.3, 0.4) is 0 Å². The molecule has 0 aliphatic heterocycles. The number of benzene rings is 2. The largest absolute Gasteiger partial charge is 0.495 e. The molecule has 2 rings (SSSR count). The fourth-order valence-corrected chi connectivity index (χ4v) is 1.95. The van der Waals surface area contributed by atoms with E-state index in [9.17, 15) is 4.79 Å². The van der Waals surface area contributed by atoms with Crippen LogP contribution in [0.25, 0.3) is 0 Å². The van der Waals surface area contributed by atoms with Gasteiger partial charge in [0.2, 0.25) is 0 Å². The molecule has 5 nitrogen and oxygen atoms in total. The van der Waals surface area contributed by atoms with Gasteiger partial charge < -0.3 is 15.4 Å². The van der Waals surface area contributed by atoms with E-state index in [1.807, 2.05) is 18.2 Å². The highest BCUT2D eigenvalue weighted by molar-refractivity contribution is 6.08. The summed E-state index contributed by atoms with van der Waals surface area (Å²) in [5, 5.41) is 14.6. The van der Waals surface area contributed by atoms with Crippen LogP contribution in [-0.4, -0.2) is 20.1 Å². The minimum atomic E-state index is -0.247. The molecule has 0 fully saturated rings. The summed E-state index contributed by atoms with van der Waals surface area (Å²) in [5.74, 6) is 0.201. The molecule has 0 aliphatic rings.